The molecule has 8 N–H and O–H groups in total. The number of aliphatic hydroxyl groups excluding tert-OH is 7. The molecule has 0 aromatic rings. The molecule has 0 unspecified atom stereocenters. The molecule has 9 nitrogen and oxygen atoms in total. The second kappa shape index (κ2) is 6.95. The van der Waals surface area contributed by atoms with Crippen molar-refractivity contribution >= 4 is 5.97 Å². The molecule has 0 spiro atoms. The molecule has 18 heavy (non-hydrogen) atoms. The van der Waals surface area contributed by atoms with Gasteiger partial charge in [-0.3, -0.25) is 0 Å². The first kappa shape index (κ1) is 17.2. The highest BCUT2D eigenvalue weighted by atomic mass is 16.4. The van der Waals surface area contributed by atoms with E-state index in [0.29, 0.717) is 0 Å². The Hall–Kier alpha value is -0.810. The van der Waals surface area contributed by atoms with Crippen LogP contribution in [0, 0.1) is 0 Å². The van der Waals surface area contributed by atoms with E-state index >= 15 is 0 Å². The van der Waals surface area contributed by atoms with Gasteiger partial charge in [-0.25, -0.2) is 4.79 Å². The minimum absolute atomic E-state index is 1.11. The lowest BCUT2D eigenvalue weighted by molar-refractivity contribution is -0.178. The van der Waals surface area contributed by atoms with Crippen molar-refractivity contribution in [2.75, 3.05) is 0 Å². The summed E-state index contributed by atoms with van der Waals surface area (Å²) in [7, 11) is 0. The fourth-order valence-electron chi connectivity index (χ4n) is 1.22. The fourth-order valence-corrected chi connectivity index (χ4v) is 1.22. The van der Waals surface area contributed by atoms with E-state index in [-0.39, 0.29) is 0 Å². The van der Waals surface area contributed by atoms with Crippen LogP contribution in [0.1, 0.15) is 6.92 Å². The van der Waals surface area contributed by atoms with Gasteiger partial charge in [0.1, 0.15) is 30.5 Å². The molecule has 0 fully saturated rings. The first-order valence-electron chi connectivity index (χ1n) is 5.10. The van der Waals surface area contributed by atoms with Gasteiger partial charge in [0, 0.05) is 0 Å². The maximum atomic E-state index is 10.3. The predicted molar refractivity (Wildman–Crippen MR) is 55.4 cm³/mol. The van der Waals surface area contributed by atoms with Crippen molar-refractivity contribution in [2.45, 2.75) is 49.7 Å². The molecule has 0 aliphatic rings. The Bertz CT molecular complexity index is 269. The largest absolute Gasteiger partial charge is 0.479 e. The SMILES string of the molecule is C[C@@H](O)[C@@H](O)[C@@H](O)[C@@H](O)[C@@H](O)[C@H](O)[C@@H](O)C(=O)O. The molecule has 0 radical (unpaired) electrons. The number of aliphatic carboxylic acids is 1. The Morgan fingerprint density at radius 3 is 1.39 bits per heavy atom. The van der Waals surface area contributed by atoms with Crippen LogP contribution in [-0.2, 0) is 4.79 Å². The van der Waals surface area contributed by atoms with Crippen molar-refractivity contribution in [3.05, 3.63) is 0 Å². The summed E-state index contributed by atoms with van der Waals surface area (Å²) in [5.41, 5.74) is 0. The van der Waals surface area contributed by atoms with E-state index in [1.54, 1.807) is 0 Å². The number of aliphatic hydroxyl groups is 7. The van der Waals surface area contributed by atoms with Gasteiger partial charge in [0.05, 0.1) is 6.10 Å². The lowest BCUT2D eigenvalue weighted by Gasteiger charge is -2.30. The molecule has 0 aromatic carbocycles. The van der Waals surface area contributed by atoms with E-state index in [1.165, 1.54) is 0 Å². The predicted octanol–water partition coefficient (Wildman–Crippen LogP) is -4.38. The van der Waals surface area contributed by atoms with Gasteiger partial charge < -0.3 is 40.9 Å². The normalized spacial score (nSPS) is 23.6. The van der Waals surface area contributed by atoms with Crippen molar-refractivity contribution in [1.82, 2.24) is 0 Å². The molecule has 7 atom stereocenters. The average molecular weight is 270 g/mol. The van der Waals surface area contributed by atoms with Gasteiger partial charge >= 0.3 is 5.97 Å². The second-order valence-corrected chi connectivity index (χ2v) is 3.98. The van der Waals surface area contributed by atoms with Gasteiger partial charge in [0.2, 0.25) is 0 Å². The Labute approximate surface area is 102 Å². The Morgan fingerprint density at radius 1 is 0.722 bits per heavy atom. The summed E-state index contributed by atoms with van der Waals surface area (Å²) < 4.78 is 0. The standard InChI is InChI=1S/C9H18O9/c1-2(10)3(11)4(12)5(13)6(14)7(15)8(16)9(17)18/h2-8,10-16H,1H3,(H,17,18)/t2-,3-,4-,5-,6-,7+,8-/m1/s1. The molecular weight excluding hydrogens is 252 g/mol. The molecule has 0 saturated heterocycles. The second-order valence-electron chi connectivity index (χ2n) is 3.98. The topological polar surface area (TPSA) is 179 Å². The van der Waals surface area contributed by atoms with E-state index < -0.39 is 48.7 Å². The van der Waals surface area contributed by atoms with Crippen LogP contribution in [-0.4, -0.2) is 89.5 Å². The van der Waals surface area contributed by atoms with E-state index in [4.69, 9.17) is 15.3 Å². The van der Waals surface area contributed by atoms with Gasteiger partial charge in [-0.2, -0.15) is 0 Å². The first-order valence-corrected chi connectivity index (χ1v) is 5.10. The minimum Gasteiger partial charge on any atom is -0.479 e. The van der Waals surface area contributed by atoms with Gasteiger partial charge in [-0.15, -0.1) is 0 Å². The van der Waals surface area contributed by atoms with Gasteiger partial charge in [-0.05, 0) is 6.92 Å². The Kier molecular flexibility index (Phi) is 6.63. The molecule has 0 aliphatic heterocycles. The van der Waals surface area contributed by atoms with E-state index in [9.17, 15) is 30.3 Å². The summed E-state index contributed by atoms with van der Waals surface area (Å²) in [6.07, 6.45) is -14.3. The smallest absolute Gasteiger partial charge is 0.335 e. The molecular formula is C9H18O9. The molecule has 108 valence electrons. The third kappa shape index (κ3) is 4.14. The van der Waals surface area contributed by atoms with Crippen LogP contribution in [0.5, 0.6) is 0 Å². The zero-order chi connectivity index (χ0) is 14.6. The van der Waals surface area contributed by atoms with Crippen molar-refractivity contribution < 1.29 is 45.6 Å². The molecule has 0 saturated carbocycles. The van der Waals surface area contributed by atoms with Gasteiger partial charge in [0.15, 0.2) is 6.10 Å². The number of carboxylic acid groups (broad SMARTS) is 1. The molecule has 0 bridgehead atoms. The zero-order valence-electron chi connectivity index (χ0n) is 9.53. The van der Waals surface area contributed by atoms with Crippen LogP contribution in [0.2, 0.25) is 0 Å². The zero-order valence-corrected chi connectivity index (χ0v) is 9.53. The first-order chi connectivity index (χ1) is 8.11. The van der Waals surface area contributed by atoms with Crippen molar-refractivity contribution in [3.63, 3.8) is 0 Å². The summed E-state index contributed by atoms with van der Waals surface area (Å²) in [4.78, 5) is 10.3. The van der Waals surface area contributed by atoms with Crippen LogP contribution < -0.4 is 0 Å². The summed E-state index contributed by atoms with van der Waals surface area (Å²) in [6, 6.07) is 0. The molecule has 0 amide bonds. The number of hydrogen-bond acceptors (Lipinski definition) is 8. The van der Waals surface area contributed by atoms with Crippen LogP contribution in [0.3, 0.4) is 0 Å². The third-order valence-electron chi connectivity index (χ3n) is 2.47. The van der Waals surface area contributed by atoms with Crippen molar-refractivity contribution in [3.8, 4) is 0 Å². The third-order valence-corrected chi connectivity index (χ3v) is 2.47. The number of rotatable bonds is 7. The highest BCUT2D eigenvalue weighted by Gasteiger charge is 2.40. The molecule has 0 aliphatic carbocycles. The average Bonchev–Trinajstić information content (AvgIpc) is 2.32. The van der Waals surface area contributed by atoms with E-state index in [0.717, 1.165) is 6.92 Å². The van der Waals surface area contributed by atoms with Crippen LogP contribution in [0.25, 0.3) is 0 Å². The summed E-state index contributed by atoms with van der Waals surface area (Å²) in [5, 5.41) is 72.7. The Morgan fingerprint density at radius 2 is 1.06 bits per heavy atom. The maximum Gasteiger partial charge on any atom is 0.335 e. The molecule has 0 rings (SSSR count). The fraction of sp³-hybridized carbons (Fsp3) is 0.889. The molecule has 9 heteroatoms. The Balaban J connectivity index is 4.67. The van der Waals surface area contributed by atoms with Gasteiger partial charge in [-0.1, -0.05) is 0 Å². The van der Waals surface area contributed by atoms with Crippen LogP contribution in [0.4, 0.5) is 0 Å². The minimum atomic E-state index is -2.37. The molecule has 0 aromatic heterocycles. The number of hydrogen-bond donors (Lipinski definition) is 8. The number of carboxylic acids is 1. The van der Waals surface area contributed by atoms with E-state index in [1.807, 2.05) is 0 Å². The lowest BCUT2D eigenvalue weighted by Crippen LogP contribution is -2.55. The summed E-state index contributed by atoms with van der Waals surface area (Å²) >= 11 is 0. The van der Waals surface area contributed by atoms with Crippen molar-refractivity contribution in [2.24, 2.45) is 0 Å². The molecule has 0 heterocycles. The lowest BCUT2D eigenvalue weighted by atomic mass is 9.95. The monoisotopic (exact) mass is 270 g/mol. The van der Waals surface area contributed by atoms with Crippen molar-refractivity contribution in [1.29, 1.82) is 0 Å². The van der Waals surface area contributed by atoms with E-state index in [2.05, 4.69) is 0 Å². The van der Waals surface area contributed by atoms with Gasteiger partial charge in [0.25, 0.3) is 0 Å². The van der Waals surface area contributed by atoms with Crippen LogP contribution >= 0.6 is 0 Å². The quantitative estimate of drug-likeness (QED) is 0.227. The highest BCUT2D eigenvalue weighted by molar-refractivity contribution is 5.72. The maximum absolute atomic E-state index is 10.3. The highest BCUT2D eigenvalue weighted by Crippen LogP contribution is 2.13. The summed E-state index contributed by atoms with van der Waals surface area (Å²) in [6.45, 7) is 1.11. The summed E-state index contributed by atoms with van der Waals surface area (Å²) in [5.74, 6) is -1.83. The number of carbonyl (C=O) groups is 1. The van der Waals surface area contributed by atoms with Crippen LogP contribution in [0.15, 0.2) is 0 Å².